The molecule has 0 radical (unpaired) electrons. The van der Waals surface area contributed by atoms with E-state index < -0.39 is 0 Å². The van der Waals surface area contributed by atoms with Crippen LogP contribution in [0.3, 0.4) is 0 Å². The van der Waals surface area contributed by atoms with Crippen molar-refractivity contribution in [2.75, 3.05) is 11.1 Å². The SMILES string of the molecule is Cc1nnc(NC(=O)CSc2nnc(COc3cccc(C)c3C)n2C)s1. The molecule has 2 heterocycles. The fourth-order valence-corrected chi connectivity index (χ4v) is 3.59. The van der Waals surface area contributed by atoms with Crippen LogP contribution in [-0.2, 0) is 18.4 Å². The van der Waals surface area contributed by atoms with Crippen LogP contribution in [0.5, 0.6) is 5.75 Å². The number of aromatic nitrogens is 5. The topological polar surface area (TPSA) is 94.8 Å². The Hall–Kier alpha value is -2.46. The van der Waals surface area contributed by atoms with Gasteiger partial charge in [-0.25, -0.2) is 0 Å². The Morgan fingerprint density at radius 1 is 1.22 bits per heavy atom. The van der Waals surface area contributed by atoms with Gasteiger partial charge in [-0.1, -0.05) is 35.2 Å². The molecule has 1 aromatic carbocycles. The minimum Gasteiger partial charge on any atom is -0.485 e. The number of nitrogens with one attached hydrogen (secondary N) is 1. The van der Waals surface area contributed by atoms with Crippen LogP contribution in [-0.4, -0.2) is 36.6 Å². The van der Waals surface area contributed by atoms with Crippen LogP contribution >= 0.6 is 23.1 Å². The van der Waals surface area contributed by atoms with Gasteiger partial charge in [0, 0.05) is 7.05 Å². The predicted molar refractivity (Wildman–Crippen MR) is 105 cm³/mol. The van der Waals surface area contributed by atoms with Crippen LogP contribution in [0, 0.1) is 20.8 Å². The van der Waals surface area contributed by atoms with Crippen LogP contribution in [0.1, 0.15) is 22.0 Å². The molecule has 0 bridgehead atoms. The molecular weight excluding hydrogens is 384 g/mol. The van der Waals surface area contributed by atoms with Gasteiger partial charge in [-0.3, -0.25) is 10.1 Å². The summed E-state index contributed by atoms with van der Waals surface area (Å²) in [7, 11) is 1.86. The highest BCUT2D eigenvalue weighted by molar-refractivity contribution is 7.99. The minimum absolute atomic E-state index is 0.160. The molecule has 0 aliphatic carbocycles. The largest absolute Gasteiger partial charge is 0.485 e. The van der Waals surface area contributed by atoms with Gasteiger partial charge in [0.2, 0.25) is 11.0 Å². The molecule has 1 N–H and O–H groups in total. The number of carbonyl (C=O) groups is 1. The number of hydrogen-bond acceptors (Lipinski definition) is 8. The van der Waals surface area contributed by atoms with Gasteiger partial charge >= 0.3 is 0 Å². The fraction of sp³-hybridized carbons (Fsp3) is 0.353. The second kappa shape index (κ2) is 8.49. The first kappa shape index (κ1) is 19.3. The normalized spacial score (nSPS) is 10.8. The van der Waals surface area contributed by atoms with E-state index in [1.807, 2.05) is 50.6 Å². The van der Waals surface area contributed by atoms with E-state index in [0.717, 1.165) is 16.3 Å². The number of nitrogens with zero attached hydrogens (tertiary/aromatic N) is 5. The highest BCUT2D eigenvalue weighted by Gasteiger charge is 2.13. The van der Waals surface area contributed by atoms with Gasteiger partial charge < -0.3 is 9.30 Å². The van der Waals surface area contributed by atoms with E-state index in [0.29, 0.717) is 22.7 Å². The first-order chi connectivity index (χ1) is 12.9. The van der Waals surface area contributed by atoms with Crippen molar-refractivity contribution >= 4 is 34.1 Å². The molecule has 2 aromatic heterocycles. The lowest BCUT2D eigenvalue weighted by molar-refractivity contribution is -0.113. The number of thioether (sulfide) groups is 1. The summed E-state index contributed by atoms with van der Waals surface area (Å²) >= 11 is 2.65. The Morgan fingerprint density at radius 2 is 2.04 bits per heavy atom. The van der Waals surface area contributed by atoms with Gasteiger partial charge in [-0.15, -0.1) is 20.4 Å². The third kappa shape index (κ3) is 4.83. The summed E-state index contributed by atoms with van der Waals surface area (Å²) in [5, 5.41) is 20.7. The summed E-state index contributed by atoms with van der Waals surface area (Å²) in [5.41, 5.74) is 2.29. The smallest absolute Gasteiger partial charge is 0.236 e. The molecule has 0 aliphatic rings. The molecule has 3 aromatic rings. The number of aryl methyl sites for hydroxylation is 2. The highest BCUT2D eigenvalue weighted by atomic mass is 32.2. The zero-order valence-corrected chi connectivity index (χ0v) is 17.1. The Morgan fingerprint density at radius 3 is 2.78 bits per heavy atom. The van der Waals surface area contributed by atoms with Gasteiger partial charge in [0.1, 0.15) is 17.4 Å². The average molecular weight is 405 g/mol. The zero-order chi connectivity index (χ0) is 19.4. The lowest BCUT2D eigenvalue weighted by atomic mass is 10.1. The Bertz CT molecular complexity index is 953. The highest BCUT2D eigenvalue weighted by Crippen LogP contribution is 2.22. The number of hydrogen-bond donors (Lipinski definition) is 1. The van der Waals surface area contributed by atoms with Crippen molar-refractivity contribution in [1.29, 1.82) is 0 Å². The molecule has 142 valence electrons. The first-order valence-electron chi connectivity index (χ1n) is 8.24. The molecule has 0 spiro atoms. The van der Waals surface area contributed by atoms with Crippen LogP contribution < -0.4 is 10.1 Å². The quantitative estimate of drug-likeness (QED) is 0.605. The molecule has 8 nitrogen and oxygen atoms in total. The third-order valence-corrected chi connectivity index (χ3v) is 5.72. The summed E-state index contributed by atoms with van der Waals surface area (Å²) < 4.78 is 7.71. The molecule has 1 amide bonds. The van der Waals surface area contributed by atoms with E-state index in [1.165, 1.54) is 28.7 Å². The van der Waals surface area contributed by atoms with Crippen LogP contribution in [0.2, 0.25) is 0 Å². The molecule has 0 fully saturated rings. The van der Waals surface area contributed by atoms with Crippen molar-refractivity contribution in [3.63, 3.8) is 0 Å². The van der Waals surface area contributed by atoms with Gasteiger partial charge in [-0.05, 0) is 38.0 Å². The van der Waals surface area contributed by atoms with Crippen molar-refractivity contribution in [1.82, 2.24) is 25.0 Å². The lowest BCUT2D eigenvalue weighted by Gasteiger charge is -2.10. The number of rotatable bonds is 7. The van der Waals surface area contributed by atoms with Crippen molar-refractivity contribution in [3.05, 3.63) is 40.2 Å². The fourth-order valence-electron chi connectivity index (χ4n) is 2.25. The van der Waals surface area contributed by atoms with E-state index >= 15 is 0 Å². The first-order valence-corrected chi connectivity index (χ1v) is 10.0. The van der Waals surface area contributed by atoms with E-state index in [9.17, 15) is 4.79 Å². The van der Waals surface area contributed by atoms with Gasteiger partial charge in [0.05, 0.1) is 5.75 Å². The molecule has 0 atom stereocenters. The summed E-state index contributed by atoms with van der Waals surface area (Å²) in [6, 6.07) is 5.95. The summed E-state index contributed by atoms with van der Waals surface area (Å²) in [4.78, 5) is 12.0. The van der Waals surface area contributed by atoms with Crippen LogP contribution in [0.25, 0.3) is 0 Å². The maximum atomic E-state index is 12.0. The number of amides is 1. The Labute approximate surface area is 165 Å². The Balaban J connectivity index is 1.55. The molecule has 0 saturated heterocycles. The monoisotopic (exact) mass is 404 g/mol. The van der Waals surface area contributed by atoms with Gasteiger partial charge in [0.15, 0.2) is 11.0 Å². The molecular formula is C17H20N6O2S2. The lowest BCUT2D eigenvalue weighted by Crippen LogP contribution is -2.14. The molecule has 3 rings (SSSR count). The number of ether oxygens (including phenoxy) is 1. The predicted octanol–water partition coefficient (Wildman–Crippen LogP) is 2.90. The zero-order valence-electron chi connectivity index (χ0n) is 15.5. The number of benzene rings is 1. The second-order valence-corrected chi connectivity index (χ2v) is 8.03. The van der Waals surface area contributed by atoms with Gasteiger partial charge in [-0.2, -0.15) is 0 Å². The number of carbonyl (C=O) groups excluding carboxylic acids is 1. The maximum Gasteiger partial charge on any atom is 0.236 e. The van der Waals surface area contributed by atoms with Crippen LogP contribution in [0.15, 0.2) is 23.4 Å². The van der Waals surface area contributed by atoms with E-state index in [4.69, 9.17) is 4.74 Å². The number of anilines is 1. The minimum atomic E-state index is -0.160. The third-order valence-electron chi connectivity index (χ3n) is 3.94. The van der Waals surface area contributed by atoms with Crippen molar-refractivity contribution in [2.24, 2.45) is 7.05 Å². The molecule has 0 saturated carbocycles. The van der Waals surface area contributed by atoms with Crippen molar-refractivity contribution in [2.45, 2.75) is 32.5 Å². The van der Waals surface area contributed by atoms with Crippen molar-refractivity contribution < 1.29 is 9.53 Å². The van der Waals surface area contributed by atoms with E-state index in [2.05, 4.69) is 25.7 Å². The van der Waals surface area contributed by atoms with Crippen LogP contribution in [0.4, 0.5) is 5.13 Å². The molecule has 10 heteroatoms. The molecule has 0 unspecified atom stereocenters. The summed E-state index contributed by atoms with van der Waals surface area (Å²) in [6.07, 6.45) is 0. The second-order valence-electron chi connectivity index (χ2n) is 5.91. The van der Waals surface area contributed by atoms with E-state index in [1.54, 1.807) is 0 Å². The summed E-state index contributed by atoms with van der Waals surface area (Å²) in [6.45, 7) is 6.22. The molecule has 0 aliphatic heterocycles. The van der Waals surface area contributed by atoms with E-state index in [-0.39, 0.29) is 11.7 Å². The summed E-state index contributed by atoms with van der Waals surface area (Å²) in [5.74, 6) is 1.58. The van der Waals surface area contributed by atoms with Crippen molar-refractivity contribution in [3.8, 4) is 5.75 Å². The van der Waals surface area contributed by atoms with Gasteiger partial charge in [0.25, 0.3) is 0 Å². The maximum absolute atomic E-state index is 12.0. The standard InChI is InChI=1S/C17H20N6O2S2/c1-10-6-5-7-13(11(10)2)25-8-14-20-22-17(23(14)4)26-9-15(24)18-16-21-19-12(3)27-16/h5-7H,8-9H2,1-4H3,(H,18,21,24). The Kier molecular flexibility index (Phi) is 6.07. The molecule has 27 heavy (non-hydrogen) atoms. The average Bonchev–Trinajstić information content (AvgIpc) is 3.20.